The lowest BCUT2D eigenvalue weighted by molar-refractivity contribution is -0.123. The summed E-state index contributed by atoms with van der Waals surface area (Å²) >= 11 is 0. The standard InChI is InChI=1S/C16H21N3O3/c20-14-10-9-13(18-16(22)19-14)15(21)17-11-5-4-8-12-6-2-1-3-7-12/h1-3,6-7,13H,4-5,8-11H2,(H,17,21)(H2,18,19,20,22). The number of hydrogen-bond donors (Lipinski definition) is 3. The van der Waals surface area contributed by atoms with E-state index in [1.165, 1.54) is 5.56 Å². The molecule has 0 aliphatic carbocycles. The zero-order valence-corrected chi connectivity index (χ0v) is 12.4. The van der Waals surface area contributed by atoms with E-state index in [0.717, 1.165) is 19.3 Å². The molecule has 1 aliphatic heterocycles. The minimum atomic E-state index is -0.638. The normalized spacial score (nSPS) is 18.1. The van der Waals surface area contributed by atoms with Crippen molar-refractivity contribution in [1.29, 1.82) is 0 Å². The van der Waals surface area contributed by atoms with Crippen LogP contribution in [-0.2, 0) is 16.0 Å². The summed E-state index contributed by atoms with van der Waals surface area (Å²) in [5.74, 6) is -0.583. The van der Waals surface area contributed by atoms with E-state index in [-0.39, 0.29) is 18.2 Å². The number of unbranched alkanes of at least 4 members (excludes halogenated alkanes) is 1. The number of imide groups is 1. The van der Waals surface area contributed by atoms with E-state index in [1.807, 2.05) is 18.2 Å². The van der Waals surface area contributed by atoms with Gasteiger partial charge < -0.3 is 10.6 Å². The maximum atomic E-state index is 12.0. The van der Waals surface area contributed by atoms with Crippen molar-refractivity contribution in [2.24, 2.45) is 0 Å². The molecule has 118 valence electrons. The summed E-state index contributed by atoms with van der Waals surface area (Å²) in [5.41, 5.74) is 1.29. The van der Waals surface area contributed by atoms with E-state index >= 15 is 0 Å². The van der Waals surface area contributed by atoms with Crippen LogP contribution in [0.2, 0.25) is 0 Å². The number of benzene rings is 1. The largest absolute Gasteiger partial charge is 0.354 e. The van der Waals surface area contributed by atoms with Crippen molar-refractivity contribution in [2.75, 3.05) is 6.54 Å². The lowest BCUT2D eigenvalue weighted by atomic mass is 10.1. The first-order valence-corrected chi connectivity index (χ1v) is 7.57. The molecule has 1 unspecified atom stereocenters. The lowest BCUT2D eigenvalue weighted by Crippen LogP contribution is -2.48. The molecule has 6 heteroatoms. The smallest absolute Gasteiger partial charge is 0.322 e. The van der Waals surface area contributed by atoms with Crippen molar-refractivity contribution in [3.63, 3.8) is 0 Å². The number of rotatable bonds is 6. The molecule has 2 rings (SSSR count). The van der Waals surface area contributed by atoms with Crippen LogP contribution in [0.5, 0.6) is 0 Å². The fraction of sp³-hybridized carbons (Fsp3) is 0.438. The molecule has 6 nitrogen and oxygen atoms in total. The van der Waals surface area contributed by atoms with E-state index in [9.17, 15) is 14.4 Å². The van der Waals surface area contributed by atoms with Crippen molar-refractivity contribution in [3.05, 3.63) is 35.9 Å². The zero-order valence-electron chi connectivity index (χ0n) is 12.4. The minimum Gasteiger partial charge on any atom is -0.354 e. The van der Waals surface area contributed by atoms with Gasteiger partial charge in [0.15, 0.2) is 0 Å². The predicted molar refractivity (Wildman–Crippen MR) is 82.1 cm³/mol. The van der Waals surface area contributed by atoms with Gasteiger partial charge in [-0.1, -0.05) is 30.3 Å². The van der Waals surface area contributed by atoms with Crippen LogP contribution in [0, 0.1) is 0 Å². The minimum absolute atomic E-state index is 0.171. The van der Waals surface area contributed by atoms with Crippen LogP contribution < -0.4 is 16.0 Å². The molecule has 1 fully saturated rings. The van der Waals surface area contributed by atoms with Gasteiger partial charge in [0, 0.05) is 13.0 Å². The number of hydrogen-bond acceptors (Lipinski definition) is 3. The highest BCUT2D eigenvalue weighted by molar-refractivity contribution is 5.98. The Morgan fingerprint density at radius 3 is 2.73 bits per heavy atom. The van der Waals surface area contributed by atoms with Gasteiger partial charge in [-0.25, -0.2) is 4.79 Å². The molecule has 1 heterocycles. The van der Waals surface area contributed by atoms with Crippen LogP contribution in [0.4, 0.5) is 4.79 Å². The molecule has 0 saturated carbocycles. The Hall–Kier alpha value is -2.37. The molecule has 1 atom stereocenters. The van der Waals surface area contributed by atoms with Crippen LogP contribution in [0.25, 0.3) is 0 Å². The maximum absolute atomic E-state index is 12.0. The Morgan fingerprint density at radius 1 is 1.18 bits per heavy atom. The molecular weight excluding hydrogens is 282 g/mol. The van der Waals surface area contributed by atoms with Gasteiger partial charge in [0.1, 0.15) is 6.04 Å². The third kappa shape index (κ3) is 5.20. The maximum Gasteiger partial charge on any atom is 0.322 e. The zero-order chi connectivity index (χ0) is 15.8. The lowest BCUT2D eigenvalue weighted by Gasteiger charge is -2.14. The van der Waals surface area contributed by atoms with Crippen LogP contribution in [0.15, 0.2) is 30.3 Å². The highest BCUT2D eigenvalue weighted by atomic mass is 16.2. The van der Waals surface area contributed by atoms with Crippen LogP contribution in [0.3, 0.4) is 0 Å². The van der Waals surface area contributed by atoms with Crippen molar-refractivity contribution >= 4 is 17.8 Å². The van der Waals surface area contributed by atoms with Crippen LogP contribution >= 0.6 is 0 Å². The summed E-state index contributed by atoms with van der Waals surface area (Å²) in [4.78, 5) is 34.5. The van der Waals surface area contributed by atoms with Gasteiger partial charge in [0.05, 0.1) is 0 Å². The summed E-state index contributed by atoms with van der Waals surface area (Å²) in [5, 5.41) is 7.45. The number of amides is 4. The highest BCUT2D eigenvalue weighted by Gasteiger charge is 2.25. The molecule has 0 radical (unpaired) electrons. The summed E-state index contributed by atoms with van der Waals surface area (Å²) < 4.78 is 0. The van der Waals surface area contributed by atoms with Crippen LogP contribution in [-0.4, -0.2) is 30.4 Å². The van der Waals surface area contributed by atoms with Gasteiger partial charge in [-0.3, -0.25) is 14.9 Å². The predicted octanol–water partition coefficient (Wildman–Crippen LogP) is 1.11. The number of carbonyl (C=O) groups is 3. The number of urea groups is 1. The molecule has 22 heavy (non-hydrogen) atoms. The van der Waals surface area contributed by atoms with Crippen molar-refractivity contribution in [3.8, 4) is 0 Å². The monoisotopic (exact) mass is 303 g/mol. The second-order valence-corrected chi connectivity index (χ2v) is 5.35. The Morgan fingerprint density at radius 2 is 1.95 bits per heavy atom. The molecular formula is C16H21N3O3. The Labute approximate surface area is 129 Å². The molecule has 1 aromatic carbocycles. The molecule has 0 bridgehead atoms. The number of nitrogens with one attached hydrogen (secondary N) is 3. The molecule has 3 N–H and O–H groups in total. The average Bonchev–Trinajstić information content (AvgIpc) is 2.68. The average molecular weight is 303 g/mol. The summed E-state index contributed by atoms with van der Waals surface area (Å²) in [6, 6.07) is 8.95. The fourth-order valence-corrected chi connectivity index (χ4v) is 2.36. The van der Waals surface area contributed by atoms with E-state index in [0.29, 0.717) is 13.0 Å². The summed E-state index contributed by atoms with van der Waals surface area (Å²) in [6.45, 7) is 0.569. The van der Waals surface area contributed by atoms with Crippen molar-refractivity contribution in [2.45, 2.75) is 38.1 Å². The van der Waals surface area contributed by atoms with E-state index in [2.05, 4.69) is 28.1 Å². The van der Waals surface area contributed by atoms with Crippen molar-refractivity contribution in [1.82, 2.24) is 16.0 Å². The van der Waals surface area contributed by atoms with Gasteiger partial charge in [0.2, 0.25) is 11.8 Å². The molecule has 0 spiro atoms. The SMILES string of the molecule is O=C1CCC(C(=O)NCCCCc2ccccc2)NC(=O)N1. The third-order valence-electron chi connectivity index (χ3n) is 3.57. The van der Waals surface area contributed by atoms with E-state index < -0.39 is 12.1 Å². The molecule has 1 aliphatic rings. The Balaban J connectivity index is 1.65. The van der Waals surface area contributed by atoms with Crippen molar-refractivity contribution < 1.29 is 14.4 Å². The van der Waals surface area contributed by atoms with Gasteiger partial charge in [-0.15, -0.1) is 0 Å². The van der Waals surface area contributed by atoms with E-state index in [4.69, 9.17) is 0 Å². The Kier molecular flexibility index (Phi) is 5.94. The second-order valence-electron chi connectivity index (χ2n) is 5.35. The quantitative estimate of drug-likeness (QED) is 0.688. The first kappa shape index (κ1) is 16.0. The topological polar surface area (TPSA) is 87.3 Å². The van der Waals surface area contributed by atoms with Gasteiger partial charge >= 0.3 is 6.03 Å². The highest BCUT2D eigenvalue weighted by Crippen LogP contribution is 2.05. The molecule has 1 aromatic rings. The second kappa shape index (κ2) is 8.17. The molecule has 1 saturated heterocycles. The van der Waals surface area contributed by atoms with Gasteiger partial charge in [-0.05, 0) is 31.2 Å². The first-order chi connectivity index (χ1) is 10.6. The van der Waals surface area contributed by atoms with Crippen LogP contribution in [0.1, 0.15) is 31.2 Å². The van der Waals surface area contributed by atoms with E-state index in [1.54, 1.807) is 0 Å². The first-order valence-electron chi connectivity index (χ1n) is 7.57. The molecule has 0 aromatic heterocycles. The number of carbonyl (C=O) groups excluding carboxylic acids is 3. The third-order valence-corrected chi connectivity index (χ3v) is 3.57. The number of aryl methyl sites for hydroxylation is 1. The van der Waals surface area contributed by atoms with Gasteiger partial charge in [-0.2, -0.15) is 0 Å². The molecule has 4 amide bonds. The van der Waals surface area contributed by atoms with Gasteiger partial charge in [0.25, 0.3) is 0 Å². The summed E-state index contributed by atoms with van der Waals surface area (Å²) in [6.07, 6.45) is 3.34. The summed E-state index contributed by atoms with van der Waals surface area (Å²) in [7, 11) is 0. The Bertz CT molecular complexity index is 531. The fourth-order valence-electron chi connectivity index (χ4n) is 2.36.